The molecule has 0 bridgehead atoms. The summed E-state index contributed by atoms with van der Waals surface area (Å²) in [6.45, 7) is 6.73. The first-order chi connectivity index (χ1) is 11.8. The first-order valence-electron chi connectivity index (χ1n) is 7.96. The Hall–Kier alpha value is -2.33. The summed E-state index contributed by atoms with van der Waals surface area (Å²) in [4.78, 5) is 25.2. The first kappa shape index (κ1) is 20.0. The van der Waals surface area contributed by atoms with Crippen LogP contribution in [0, 0.1) is 0 Å². The molecule has 0 spiro atoms. The average molecular weight is 385 g/mol. The lowest BCUT2D eigenvalue weighted by Gasteiger charge is -2.27. The van der Waals surface area contributed by atoms with E-state index >= 15 is 0 Å². The summed E-state index contributed by atoms with van der Waals surface area (Å²) in [5.74, 6) is 0.586. The van der Waals surface area contributed by atoms with Crippen LogP contribution in [0.1, 0.15) is 33.3 Å². The summed E-state index contributed by atoms with van der Waals surface area (Å²) in [5.41, 5.74) is 0.442. The van der Waals surface area contributed by atoms with Gasteiger partial charge in [0, 0.05) is 25.1 Å². The van der Waals surface area contributed by atoms with Crippen molar-refractivity contribution >= 4 is 22.3 Å². The quantitative estimate of drug-likeness (QED) is 0.848. The number of fused-ring (bicyclic) bond motifs is 1. The highest BCUT2D eigenvalue weighted by Gasteiger charge is 2.35. The third kappa shape index (κ3) is 4.07. The minimum Gasteiger partial charge on any atom is -0.483 e. The molecule has 9 nitrogen and oxygen atoms in total. The van der Waals surface area contributed by atoms with Crippen LogP contribution in [0.5, 0.6) is 11.5 Å². The molecule has 0 atom stereocenters. The highest BCUT2D eigenvalue weighted by atomic mass is 32.2. The van der Waals surface area contributed by atoms with Crippen molar-refractivity contribution in [3.63, 3.8) is 0 Å². The fourth-order valence-electron chi connectivity index (χ4n) is 2.68. The summed E-state index contributed by atoms with van der Waals surface area (Å²) >= 11 is 0. The number of hydrogen-bond donors (Lipinski definition) is 1. The number of nitrogens with zero attached hydrogens (tertiary/aromatic N) is 2. The zero-order valence-corrected chi connectivity index (χ0v) is 16.2. The summed E-state index contributed by atoms with van der Waals surface area (Å²) in [6, 6.07) is 3.23. The molecule has 2 rings (SSSR count). The molecule has 0 unspecified atom stereocenters. The Morgan fingerprint density at radius 3 is 2.46 bits per heavy atom. The lowest BCUT2D eigenvalue weighted by molar-refractivity contribution is 0.127. The molecule has 144 valence electrons. The standard InChI is InChI=1S/C16H23N3O6S/c1-10(2)19(26(17,22)23)14(20)18(5)15(21)24-12-8-6-7-11-9-16(3,4)25-13(11)12/h6-8,10H,9H2,1-5H3,(H2,17,22,23). The number of rotatable bonds is 3. The number of para-hydroxylation sites is 1. The third-order valence-electron chi connectivity index (χ3n) is 3.74. The van der Waals surface area contributed by atoms with Gasteiger partial charge in [0.05, 0.1) is 0 Å². The molecular formula is C16H23N3O6S. The molecule has 1 aromatic rings. The number of urea groups is 1. The molecule has 3 amide bonds. The van der Waals surface area contributed by atoms with E-state index in [1.807, 2.05) is 19.9 Å². The van der Waals surface area contributed by atoms with E-state index in [1.165, 1.54) is 19.9 Å². The van der Waals surface area contributed by atoms with Crippen LogP contribution in [-0.2, 0) is 16.6 Å². The smallest absolute Gasteiger partial charge is 0.423 e. The zero-order chi connectivity index (χ0) is 19.9. The van der Waals surface area contributed by atoms with Crippen molar-refractivity contribution in [2.24, 2.45) is 5.14 Å². The van der Waals surface area contributed by atoms with E-state index in [-0.39, 0.29) is 5.75 Å². The minimum atomic E-state index is -4.33. The Labute approximate surface area is 152 Å². The highest BCUT2D eigenvalue weighted by molar-refractivity contribution is 7.87. The average Bonchev–Trinajstić information content (AvgIpc) is 2.79. The largest absolute Gasteiger partial charge is 0.483 e. The van der Waals surface area contributed by atoms with E-state index in [2.05, 4.69) is 0 Å². The van der Waals surface area contributed by atoms with Gasteiger partial charge in [0.15, 0.2) is 11.5 Å². The van der Waals surface area contributed by atoms with Crippen molar-refractivity contribution in [2.45, 2.75) is 45.8 Å². The molecular weight excluding hydrogens is 362 g/mol. The molecule has 0 saturated carbocycles. The van der Waals surface area contributed by atoms with Gasteiger partial charge in [0.25, 0.3) is 0 Å². The van der Waals surface area contributed by atoms with Crippen molar-refractivity contribution in [2.75, 3.05) is 7.05 Å². The molecule has 1 aliphatic rings. The molecule has 1 aliphatic heterocycles. The van der Waals surface area contributed by atoms with Crippen molar-refractivity contribution < 1.29 is 27.5 Å². The van der Waals surface area contributed by atoms with Crippen LogP contribution in [0.2, 0.25) is 0 Å². The van der Waals surface area contributed by atoms with Crippen LogP contribution >= 0.6 is 0 Å². The van der Waals surface area contributed by atoms with E-state index in [0.29, 0.717) is 21.4 Å². The fourth-order valence-corrected chi connectivity index (χ4v) is 3.61. The van der Waals surface area contributed by atoms with E-state index in [9.17, 15) is 18.0 Å². The van der Waals surface area contributed by atoms with E-state index in [0.717, 1.165) is 12.6 Å². The van der Waals surface area contributed by atoms with E-state index < -0.39 is 34.0 Å². The van der Waals surface area contributed by atoms with Crippen molar-refractivity contribution in [1.82, 2.24) is 9.21 Å². The van der Waals surface area contributed by atoms with E-state index in [4.69, 9.17) is 14.6 Å². The molecule has 1 aromatic carbocycles. The maximum Gasteiger partial charge on any atom is 0.423 e. The van der Waals surface area contributed by atoms with Crippen LogP contribution in [-0.4, -0.2) is 48.4 Å². The maximum atomic E-state index is 12.4. The third-order valence-corrected chi connectivity index (χ3v) is 4.87. The molecule has 0 aromatic heterocycles. The van der Waals surface area contributed by atoms with Crippen molar-refractivity contribution in [1.29, 1.82) is 0 Å². The predicted molar refractivity (Wildman–Crippen MR) is 94.1 cm³/mol. The number of benzene rings is 1. The fraction of sp³-hybridized carbons (Fsp3) is 0.500. The predicted octanol–water partition coefficient (Wildman–Crippen LogP) is 1.86. The molecule has 26 heavy (non-hydrogen) atoms. The summed E-state index contributed by atoms with van der Waals surface area (Å²) in [6.07, 6.45) is -0.402. The Bertz CT molecular complexity index is 834. The molecule has 0 aliphatic carbocycles. The number of hydrogen-bond acceptors (Lipinski definition) is 6. The Kier molecular flexibility index (Phi) is 5.20. The lowest BCUT2D eigenvalue weighted by atomic mass is 10.0. The number of amides is 3. The number of imide groups is 1. The molecule has 2 N–H and O–H groups in total. The number of carbonyl (C=O) groups excluding carboxylic acids is 2. The SMILES string of the molecule is CC(C)N(C(=O)N(C)C(=O)Oc1cccc2c1OC(C)(C)C2)S(N)(=O)=O. The van der Waals surface area contributed by atoms with Gasteiger partial charge in [0.1, 0.15) is 5.60 Å². The summed E-state index contributed by atoms with van der Waals surface area (Å²) in [7, 11) is -3.22. The molecule has 0 radical (unpaired) electrons. The van der Waals surface area contributed by atoms with Gasteiger partial charge in [-0.3, -0.25) is 0 Å². The van der Waals surface area contributed by atoms with Crippen molar-refractivity contribution in [3.05, 3.63) is 23.8 Å². The second-order valence-electron chi connectivity index (χ2n) is 6.93. The topological polar surface area (TPSA) is 119 Å². The molecule has 10 heteroatoms. The van der Waals surface area contributed by atoms with Gasteiger partial charge in [-0.25, -0.2) is 23.9 Å². The Morgan fingerprint density at radius 1 is 1.31 bits per heavy atom. The second kappa shape index (κ2) is 6.76. The molecule has 0 saturated heterocycles. The number of nitrogens with two attached hydrogens (primary N) is 1. The Balaban J connectivity index is 2.21. The normalized spacial score (nSPS) is 15.2. The first-order valence-corrected chi connectivity index (χ1v) is 9.46. The molecule has 1 heterocycles. The monoisotopic (exact) mass is 385 g/mol. The van der Waals surface area contributed by atoms with Crippen LogP contribution in [0.3, 0.4) is 0 Å². The summed E-state index contributed by atoms with van der Waals surface area (Å²) in [5, 5.41) is 5.05. The van der Waals surface area contributed by atoms with Gasteiger partial charge >= 0.3 is 22.3 Å². The van der Waals surface area contributed by atoms with Gasteiger partial charge in [-0.1, -0.05) is 12.1 Å². The van der Waals surface area contributed by atoms with Gasteiger partial charge in [-0.05, 0) is 33.8 Å². The van der Waals surface area contributed by atoms with Crippen LogP contribution < -0.4 is 14.6 Å². The van der Waals surface area contributed by atoms with Crippen molar-refractivity contribution in [3.8, 4) is 11.5 Å². The number of carbonyl (C=O) groups is 2. The maximum absolute atomic E-state index is 12.4. The van der Waals surface area contributed by atoms with Crippen LogP contribution in [0.25, 0.3) is 0 Å². The second-order valence-corrected chi connectivity index (χ2v) is 8.35. The van der Waals surface area contributed by atoms with Crippen LogP contribution in [0.4, 0.5) is 9.59 Å². The minimum absolute atomic E-state index is 0.157. The van der Waals surface area contributed by atoms with E-state index in [1.54, 1.807) is 6.07 Å². The van der Waals surface area contributed by atoms with Gasteiger partial charge in [-0.15, -0.1) is 0 Å². The molecule has 0 fully saturated rings. The number of ether oxygens (including phenoxy) is 2. The Morgan fingerprint density at radius 2 is 1.92 bits per heavy atom. The zero-order valence-electron chi connectivity index (χ0n) is 15.3. The summed E-state index contributed by atoms with van der Waals surface area (Å²) < 4.78 is 34.7. The highest BCUT2D eigenvalue weighted by Crippen LogP contribution is 2.41. The van der Waals surface area contributed by atoms with Gasteiger partial charge in [0.2, 0.25) is 0 Å². The van der Waals surface area contributed by atoms with Crippen LogP contribution in [0.15, 0.2) is 18.2 Å². The van der Waals surface area contributed by atoms with Gasteiger partial charge in [-0.2, -0.15) is 8.42 Å². The lowest BCUT2D eigenvalue weighted by Crippen LogP contribution is -2.52. The van der Waals surface area contributed by atoms with Gasteiger partial charge < -0.3 is 9.47 Å².